The van der Waals surface area contributed by atoms with E-state index in [0.717, 1.165) is 13.0 Å². The third-order valence-corrected chi connectivity index (χ3v) is 3.06. The van der Waals surface area contributed by atoms with Crippen LogP contribution in [-0.2, 0) is 0 Å². The van der Waals surface area contributed by atoms with Crippen molar-refractivity contribution in [2.45, 2.75) is 13.3 Å². The molecule has 0 atom stereocenters. The van der Waals surface area contributed by atoms with Crippen molar-refractivity contribution in [1.29, 1.82) is 0 Å². The molecule has 0 amide bonds. The average Bonchev–Trinajstić information content (AvgIpc) is 2.47. The van der Waals surface area contributed by atoms with Crippen LogP contribution in [0.1, 0.15) is 13.3 Å². The molecule has 2 aromatic rings. The van der Waals surface area contributed by atoms with Crippen LogP contribution in [0.5, 0.6) is 5.75 Å². The van der Waals surface area contributed by atoms with Gasteiger partial charge in [0, 0.05) is 12.1 Å². The normalized spacial score (nSPS) is 10.4. The minimum atomic E-state index is -0.381. The molecular weight excluding hydrogens is 281 g/mol. The Labute approximate surface area is 122 Å². The van der Waals surface area contributed by atoms with Gasteiger partial charge < -0.3 is 10.1 Å². The number of ether oxygens (including phenoxy) is 1. The SMILES string of the molecule is CCCNc1ncnc(-c2cc(F)ccc2Cl)c1OC. The standard InChI is InChI=1S/C14H15ClFN3O/c1-3-6-17-14-13(20-2)12(18-8-19-14)10-7-9(16)4-5-11(10)15/h4-5,7-8H,3,6H2,1-2H3,(H,17,18,19). The third kappa shape index (κ3) is 2.99. The lowest BCUT2D eigenvalue weighted by Crippen LogP contribution is -2.06. The molecule has 0 saturated carbocycles. The summed E-state index contributed by atoms with van der Waals surface area (Å²) in [6.07, 6.45) is 2.35. The Morgan fingerprint density at radius 3 is 2.85 bits per heavy atom. The first-order valence-corrected chi connectivity index (χ1v) is 6.63. The van der Waals surface area contributed by atoms with E-state index in [1.54, 1.807) is 0 Å². The number of nitrogens with zero attached hydrogens (tertiary/aromatic N) is 2. The molecule has 4 nitrogen and oxygen atoms in total. The Morgan fingerprint density at radius 1 is 1.35 bits per heavy atom. The second-order valence-electron chi connectivity index (χ2n) is 4.16. The lowest BCUT2D eigenvalue weighted by Gasteiger charge is -2.13. The Kier molecular flexibility index (Phi) is 4.74. The van der Waals surface area contributed by atoms with E-state index in [4.69, 9.17) is 16.3 Å². The molecule has 6 heteroatoms. The lowest BCUT2D eigenvalue weighted by molar-refractivity contribution is 0.414. The van der Waals surface area contributed by atoms with Crippen molar-refractivity contribution < 1.29 is 9.13 Å². The molecule has 0 spiro atoms. The summed E-state index contributed by atoms with van der Waals surface area (Å²) in [7, 11) is 1.52. The van der Waals surface area contributed by atoms with Crippen LogP contribution >= 0.6 is 11.6 Å². The first-order chi connectivity index (χ1) is 9.67. The summed E-state index contributed by atoms with van der Waals surface area (Å²) >= 11 is 6.11. The quantitative estimate of drug-likeness (QED) is 0.912. The average molecular weight is 296 g/mol. The van der Waals surface area contributed by atoms with Crippen LogP contribution in [-0.4, -0.2) is 23.6 Å². The zero-order valence-electron chi connectivity index (χ0n) is 11.3. The highest BCUT2D eigenvalue weighted by molar-refractivity contribution is 6.33. The molecule has 2 rings (SSSR count). The largest absolute Gasteiger partial charge is 0.491 e. The zero-order chi connectivity index (χ0) is 14.5. The summed E-state index contributed by atoms with van der Waals surface area (Å²) in [6, 6.07) is 4.12. The van der Waals surface area contributed by atoms with Crippen molar-refractivity contribution in [2.24, 2.45) is 0 Å². The predicted molar refractivity (Wildman–Crippen MR) is 77.8 cm³/mol. The van der Waals surface area contributed by atoms with Crippen LogP contribution in [0.4, 0.5) is 10.2 Å². The van der Waals surface area contributed by atoms with Gasteiger partial charge in [-0.15, -0.1) is 0 Å². The molecule has 0 aliphatic carbocycles. The first kappa shape index (κ1) is 14.5. The van der Waals surface area contributed by atoms with Gasteiger partial charge in [0.05, 0.1) is 12.1 Å². The topological polar surface area (TPSA) is 47.0 Å². The molecule has 1 aromatic heterocycles. The minimum Gasteiger partial charge on any atom is -0.491 e. The van der Waals surface area contributed by atoms with E-state index in [2.05, 4.69) is 15.3 Å². The smallest absolute Gasteiger partial charge is 0.187 e. The van der Waals surface area contributed by atoms with Gasteiger partial charge in [-0.1, -0.05) is 18.5 Å². The molecule has 0 saturated heterocycles. The Bertz CT molecular complexity index is 607. The van der Waals surface area contributed by atoms with Gasteiger partial charge in [0.1, 0.15) is 17.8 Å². The van der Waals surface area contributed by atoms with Crippen LogP contribution < -0.4 is 10.1 Å². The fourth-order valence-corrected chi connectivity index (χ4v) is 2.01. The number of hydrogen-bond acceptors (Lipinski definition) is 4. The molecule has 0 aliphatic rings. The summed E-state index contributed by atoms with van der Waals surface area (Å²) in [5.41, 5.74) is 0.941. The van der Waals surface area contributed by atoms with Crippen molar-refractivity contribution in [3.63, 3.8) is 0 Å². The molecular formula is C14H15ClFN3O. The summed E-state index contributed by atoms with van der Waals surface area (Å²) in [6.45, 7) is 2.80. The van der Waals surface area contributed by atoms with E-state index in [1.165, 1.54) is 31.6 Å². The van der Waals surface area contributed by atoms with Crippen LogP contribution in [0.15, 0.2) is 24.5 Å². The third-order valence-electron chi connectivity index (χ3n) is 2.73. The van der Waals surface area contributed by atoms with Gasteiger partial charge in [0.2, 0.25) is 0 Å². The fraction of sp³-hybridized carbons (Fsp3) is 0.286. The van der Waals surface area contributed by atoms with Gasteiger partial charge in [0.25, 0.3) is 0 Å². The number of aromatic nitrogens is 2. The first-order valence-electron chi connectivity index (χ1n) is 6.25. The Balaban J connectivity index is 2.53. The summed E-state index contributed by atoms with van der Waals surface area (Å²) in [5.74, 6) is 0.640. The van der Waals surface area contributed by atoms with Crippen molar-refractivity contribution in [3.05, 3.63) is 35.4 Å². The maximum absolute atomic E-state index is 13.4. The van der Waals surface area contributed by atoms with Gasteiger partial charge in [-0.05, 0) is 24.6 Å². The summed E-state index contributed by atoms with van der Waals surface area (Å²) in [5, 5.41) is 3.55. The predicted octanol–water partition coefficient (Wildman–Crippen LogP) is 3.77. The van der Waals surface area contributed by atoms with Crippen LogP contribution in [0.3, 0.4) is 0 Å². The highest BCUT2D eigenvalue weighted by Crippen LogP contribution is 2.36. The van der Waals surface area contributed by atoms with E-state index in [-0.39, 0.29) is 5.82 Å². The number of nitrogens with one attached hydrogen (secondary N) is 1. The zero-order valence-corrected chi connectivity index (χ0v) is 12.0. The van der Waals surface area contributed by atoms with E-state index >= 15 is 0 Å². The molecule has 0 aliphatic heterocycles. The molecule has 0 unspecified atom stereocenters. The number of halogens is 2. The lowest BCUT2D eigenvalue weighted by atomic mass is 10.1. The van der Waals surface area contributed by atoms with Gasteiger partial charge in [-0.2, -0.15) is 0 Å². The molecule has 1 aromatic carbocycles. The van der Waals surface area contributed by atoms with Crippen molar-refractivity contribution in [3.8, 4) is 17.0 Å². The maximum atomic E-state index is 13.4. The van der Waals surface area contributed by atoms with E-state index in [0.29, 0.717) is 27.8 Å². The van der Waals surface area contributed by atoms with Gasteiger partial charge in [-0.25, -0.2) is 14.4 Å². The van der Waals surface area contributed by atoms with Gasteiger partial charge in [0.15, 0.2) is 11.6 Å². The molecule has 0 fully saturated rings. The van der Waals surface area contributed by atoms with Crippen molar-refractivity contribution >= 4 is 17.4 Å². The highest BCUT2D eigenvalue weighted by Gasteiger charge is 2.16. The number of methoxy groups -OCH3 is 1. The van der Waals surface area contributed by atoms with Gasteiger partial charge >= 0.3 is 0 Å². The second-order valence-corrected chi connectivity index (χ2v) is 4.56. The molecule has 0 radical (unpaired) electrons. The summed E-state index contributed by atoms with van der Waals surface area (Å²) in [4.78, 5) is 8.30. The number of hydrogen-bond donors (Lipinski definition) is 1. The monoisotopic (exact) mass is 295 g/mol. The van der Waals surface area contributed by atoms with Crippen LogP contribution in [0.2, 0.25) is 5.02 Å². The van der Waals surface area contributed by atoms with Gasteiger partial charge in [-0.3, -0.25) is 0 Å². The molecule has 106 valence electrons. The fourth-order valence-electron chi connectivity index (χ4n) is 1.81. The van der Waals surface area contributed by atoms with E-state index < -0.39 is 0 Å². The summed E-state index contributed by atoms with van der Waals surface area (Å²) < 4.78 is 18.8. The van der Waals surface area contributed by atoms with Crippen molar-refractivity contribution in [2.75, 3.05) is 19.0 Å². The minimum absolute atomic E-state index is 0.381. The van der Waals surface area contributed by atoms with Crippen LogP contribution in [0, 0.1) is 5.82 Å². The molecule has 1 N–H and O–H groups in total. The second kappa shape index (κ2) is 6.52. The molecule has 1 heterocycles. The Hall–Kier alpha value is -1.88. The molecule has 20 heavy (non-hydrogen) atoms. The maximum Gasteiger partial charge on any atom is 0.187 e. The highest BCUT2D eigenvalue weighted by atomic mass is 35.5. The van der Waals surface area contributed by atoms with Crippen molar-refractivity contribution in [1.82, 2.24) is 9.97 Å². The van der Waals surface area contributed by atoms with E-state index in [1.807, 2.05) is 6.92 Å². The number of benzene rings is 1. The molecule has 0 bridgehead atoms. The van der Waals surface area contributed by atoms with Crippen LogP contribution in [0.25, 0.3) is 11.3 Å². The number of anilines is 1. The number of rotatable bonds is 5. The van der Waals surface area contributed by atoms with E-state index in [9.17, 15) is 4.39 Å². The Morgan fingerprint density at radius 2 is 2.15 bits per heavy atom.